The molecule has 3 nitrogen and oxygen atoms in total. The smallest absolute Gasteiger partial charge is 0.298 e. The van der Waals surface area contributed by atoms with Gasteiger partial charge in [-0.3, -0.25) is 4.89 Å². The Morgan fingerprint density at radius 2 is 1.25 bits per heavy atom. The van der Waals surface area contributed by atoms with E-state index >= 15 is 0 Å². The van der Waals surface area contributed by atoms with Gasteiger partial charge in [0.25, 0.3) is 0 Å². The molecule has 0 amide bonds. The van der Waals surface area contributed by atoms with Gasteiger partial charge in [0.1, 0.15) is 5.60 Å². The summed E-state index contributed by atoms with van der Waals surface area (Å²) in [5, 5.41) is 0. The molecule has 20 heavy (non-hydrogen) atoms. The highest BCUT2D eigenvalue weighted by molar-refractivity contribution is 5.68. The third-order valence-corrected chi connectivity index (χ3v) is 3.12. The topological polar surface area (TPSA) is 35.5 Å². The highest BCUT2D eigenvalue weighted by Gasteiger charge is 2.14. The molecule has 0 saturated heterocycles. The van der Waals surface area contributed by atoms with Gasteiger partial charge in [-0.2, -0.15) is 4.89 Å². The van der Waals surface area contributed by atoms with E-state index in [1.54, 1.807) is 0 Å². The zero-order valence-corrected chi connectivity index (χ0v) is 14.0. The van der Waals surface area contributed by atoms with Crippen molar-refractivity contribution in [3.63, 3.8) is 0 Å². The van der Waals surface area contributed by atoms with Crippen LogP contribution in [0.2, 0.25) is 0 Å². The van der Waals surface area contributed by atoms with Gasteiger partial charge < -0.3 is 0 Å². The second kappa shape index (κ2) is 12.2. The number of carbonyl (C=O) groups excluding carboxylic acids is 1. The van der Waals surface area contributed by atoms with E-state index < -0.39 is 5.60 Å². The maximum Gasteiger partial charge on any atom is 0.342 e. The molecule has 0 bridgehead atoms. The summed E-state index contributed by atoms with van der Waals surface area (Å²) in [6.07, 6.45) is 13.1. The monoisotopic (exact) mass is 286 g/mol. The van der Waals surface area contributed by atoms with E-state index in [9.17, 15) is 4.79 Å². The molecule has 0 aliphatic carbocycles. The largest absolute Gasteiger partial charge is 0.342 e. The molecule has 0 rings (SSSR count). The molecule has 0 aliphatic rings. The lowest BCUT2D eigenvalue weighted by Gasteiger charge is -2.16. The first-order valence-corrected chi connectivity index (χ1v) is 8.34. The first-order valence-electron chi connectivity index (χ1n) is 8.34. The van der Waals surface area contributed by atoms with Crippen LogP contribution in [0.5, 0.6) is 0 Å². The fraction of sp³-hybridized carbons (Fsp3) is 0.941. The Balaban J connectivity index is 3.21. The molecule has 0 spiro atoms. The first kappa shape index (κ1) is 19.4. The van der Waals surface area contributed by atoms with Gasteiger partial charge in [0, 0.05) is 6.42 Å². The zero-order valence-electron chi connectivity index (χ0n) is 14.0. The van der Waals surface area contributed by atoms with E-state index in [1.807, 2.05) is 20.8 Å². The molecule has 0 aromatic heterocycles. The third-order valence-electron chi connectivity index (χ3n) is 3.12. The quantitative estimate of drug-likeness (QED) is 0.267. The fourth-order valence-corrected chi connectivity index (χ4v) is 1.97. The predicted molar refractivity (Wildman–Crippen MR) is 83.4 cm³/mol. The highest BCUT2D eigenvalue weighted by atomic mass is 17.2. The van der Waals surface area contributed by atoms with Crippen molar-refractivity contribution in [3.8, 4) is 0 Å². The van der Waals surface area contributed by atoms with E-state index in [0.717, 1.165) is 12.8 Å². The lowest BCUT2D eigenvalue weighted by Crippen LogP contribution is -2.21. The Bertz CT molecular complexity index is 231. The molecular weight excluding hydrogens is 252 g/mol. The lowest BCUT2D eigenvalue weighted by molar-refractivity contribution is -0.320. The van der Waals surface area contributed by atoms with Crippen LogP contribution >= 0.6 is 0 Å². The molecule has 0 radical (unpaired) electrons. The van der Waals surface area contributed by atoms with Gasteiger partial charge in [-0.1, -0.05) is 64.7 Å². The van der Waals surface area contributed by atoms with Crippen LogP contribution in [-0.2, 0) is 14.6 Å². The third kappa shape index (κ3) is 15.5. The van der Waals surface area contributed by atoms with Crippen LogP contribution in [0, 0.1) is 0 Å². The van der Waals surface area contributed by atoms with Crippen molar-refractivity contribution >= 4 is 5.97 Å². The van der Waals surface area contributed by atoms with Crippen LogP contribution in [0.3, 0.4) is 0 Å². The van der Waals surface area contributed by atoms with Gasteiger partial charge >= 0.3 is 5.97 Å². The minimum atomic E-state index is -0.423. The normalized spacial score (nSPS) is 11.6. The summed E-state index contributed by atoms with van der Waals surface area (Å²) in [7, 11) is 0. The SMILES string of the molecule is CCCCCCCCCCCCC(=O)OOC(C)(C)C. The van der Waals surface area contributed by atoms with Crippen molar-refractivity contribution in [1.29, 1.82) is 0 Å². The van der Waals surface area contributed by atoms with Gasteiger partial charge in [0.15, 0.2) is 0 Å². The van der Waals surface area contributed by atoms with Crippen molar-refractivity contribution in [2.75, 3.05) is 0 Å². The second-order valence-corrected chi connectivity index (χ2v) is 6.58. The van der Waals surface area contributed by atoms with E-state index in [4.69, 9.17) is 9.78 Å². The van der Waals surface area contributed by atoms with Gasteiger partial charge in [0.2, 0.25) is 0 Å². The van der Waals surface area contributed by atoms with E-state index in [1.165, 1.54) is 51.4 Å². The number of carbonyl (C=O) groups is 1. The summed E-state index contributed by atoms with van der Waals surface area (Å²) in [4.78, 5) is 21.1. The minimum Gasteiger partial charge on any atom is -0.298 e. The van der Waals surface area contributed by atoms with Crippen molar-refractivity contribution < 1.29 is 14.6 Å². The number of unbranched alkanes of at least 4 members (excludes halogenated alkanes) is 9. The molecule has 0 aliphatic heterocycles. The average Bonchev–Trinajstić information content (AvgIpc) is 2.38. The maximum absolute atomic E-state index is 11.4. The number of rotatable bonds is 12. The Morgan fingerprint density at radius 3 is 1.70 bits per heavy atom. The van der Waals surface area contributed by atoms with E-state index in [-0.39, 0.29) is 5.97 Å². The maximum atomic E-state index is 11.4. The van der Waals surface area contributed by atoms with Gasteiger partial charge in [-0.25, -0.2) is 4.79 Å². The van der Waals surface area contributed by atoms with Crippen LogP contribution in [0.4, 0.5) is 0 Å². The standard InChI is InChI=1S/C17H34O3/c1-5-6-7-8-9-10-11-12-13-14-15-16(18)19-20-17(2,3)4/h5-15H2,1-4H3. The highest BCUT2D eigenvalue weighted by Crippen LogP contribution is 2.12. The van der Waals surface area contributed by atoms with Crippen molar-refractivity contribution in [2.45, 2.75) is 104 Å². The van der Waals surface area contributed by atoms with Crippen molar-refractivity contribution in [2.24, 2.45) is 0 Å². The first-order chi connectivity index (χ1) is 9.45. The summed E-state index contributed by atoms with van der Waals surface area (Å²) in [5.74, 6) is -0.250. The average molecular weight is 286 g/mol. The lowest BCUT2D eigenvalue weighted by atomic mass is 10.1. The van der Waals surface area contributed by atoms with Gasteiger partial charge in [-0.15, -0.1) is 0 Å². The Morgan fingerprint density at radius 1 is 0.800 bits per heavy atom. The Labute approximate surface area is 125 Å². The Hall–Kier alpha value is -0.570. The number of hydrogen-bond acceptors (Lipinski definition) is 3. The molecule has 0 atom stereocenters. The van der Waals surface area contributed by atoms with E-state index in [0.29, 0.717) is 6.42 Å². The molecule has 3 heteroatoms. The van der Waals surface area contributed by atoms with Crippen molar-refractivity contribution in [3.05, 3.63) is 0 Å². The summed E-state index contributed by atoms with van der Waals surface area (Å²) in [6.45, 7) is 7.83. The van der Waals surface area contributed by atoms with Gasteiger partial charge in [-0.05, 0) is 27.2 Å². The zero-order chi connectivity index (χ0) is 15.3. The van der Waals surface area contributed by atoms with Crippen LogP contribution in [0.25, 0.3) is 0 Å². The molecule has 0 fully saturated rings. The molecule has 0 saturated carbocycles. The minimum absolute atomic E-state index is 0.250. The summed E-state index contributed by atoms with van der Waals surface area (Å²) in [6, 6.07) is 0. The number of hydrogen-bond donors (Lipinski definition) is 0. The molecule has 0 unspecified atom stereocenters. The predicted octanol–water partition coefficient (Wildman–Crippen LogP) is 5.57. The molecule has 0 aromatic rings. The van der Waals surface area contributed by atoms with E-state index in [2.05, 4.69) is 6.92 Å². The molecular formula is C17H34O3. The molecule has 0 aromatic carbocycles. The van der Waals surface area contributed by atoms with Crippen LogP contribution in [-0.4, -0.2) is 11.6 Å². The molecule has 120 valence electrons. The van der Waals surface area contributed by atoms with Crippen molar-refractivity contribution in [1.82, 2.24) is 0 Å². The Kier molecular flexibility index (Phi) is 11.8. The molecule has 0 heterocycles. The van der Waals surface area contributed by atoms with Crippen LogP contribution in [0.1, 0.15) is 98.3 Å². The van der Waals surface area contributed by atoms with Crippen LogP contribution < -0.4 is 0 Å². The second-order valence-electron chi connectivity index (χ2n) is 6.58. The molecule has 0 N–H and O–H groups in total. The van der Waals surface area contributed by atoms with Gasteiger partial charge in [0.05, 0.1) is 0 Å². The summed E-state index contributed by atoms with van der Waals surface area (Å²) >= 11 is 0. The fourth-order valence-electron chi connectivity index (χ4n) is 1.97. The van der Waals surface area contributed by atoms with Crippen LogP contribution in [0.15, 0.2) is 0 Å². The summed E-state index contributed by atoms with van der Waals surface area (Å²) < 4.78 is 0. The summed E-state index contributed by atoms with van der Waals surface area (Å²) in [5.41, 5.74) is -0.423.